The number of carbonyl (C=O) groups excluding carboxylic acids is 1. The average molecular weight is 168 g/mol. The number of aryl methyl sites for hydroxylation is 1. The second kappa shape index (κ2) is 3.17. The normalized spacial score (nSPS) is 9.75. The van der Waals surface area contributed by atoms with Crippen LogP contribution in [0.4, 0.5) is 0 Å². The van der Waals surface area contributed by atoms with Crippen molar-refractivity contribution >= 4 is 11.8 Å². The lowest BCUT2D eigenvalue weighted by Gasteiger charge is -1.89. The summed E-state index contributed by atoms with van der Waals surface area (Å²) >= 11 is 0. The van der Waals surface area contributed by atoms with Crippen molar-refractivity contribution in [3.63, 3.8) is 0 Å². The molecule has 0 spiro atoms. The van der Waals surface area contributed by atoms with E-state index in [2.05, 4.69) is 5.10 Å². The summed E-state index contributed by atoms with van der Waals surface area (Å²) in [6, 6.07) is 0. The first kappa shape index (κ1) is 8.45. The Morgan fingerprint density at radius 1 is 1.67 bits per heavy atom. The van der Waals surface area contributed by atoms with Gasteiger partial charge in [0.15, 0.2) is 0 Å². The number of aromatic nitrogens is 2. The number of hydrogen-bond donors (Lipinski definition) is 1. The highest BCUT2D eigenvalue weighted by atomic mass is 16.4. The highest BCUT2D eigenvalue weighted by Crippen LogP contribution is 1.97. The Morgan fingerprint density at radius 2 is 2.33 bits per heavy atom. The van der Waals surface area contributed by atoms with E-state index in [1.54, 1.807) is 13.2 Å². The van der Waals surface area contributed by atoms with E-state index in [0.29, 0.717) is 5.56 Å². The summed E-state index contributed by atoms with van der Waals surface area (Å²) in [5.41, 5.74) is 0.616. The van der Waals surface area contributed by atoms with Crippen LogP contribution >= 0.6 is 0 Å². The van der Waals surface area contributed by atoms with Gasteiger partial charge in [-0.1, -0.05) is 0 Å². The number of carboxylic acids is 1. The first-order valence-corrected chi connectivity index (χ1v) is 3.33. The van der Waals surface area contributed by atoms with Crippen molar-refractivity contribution in [2.75, 3.05) is 0 Å². The predicted molar refractivity (Wildman–Crippen MR) is 39.6 cm³/mol. The largest absolute Gasteiger partial charge is 0.475 e. The monoisotopic (exact) mass is 168 g/mol. The van der Waals surface area contributed by atoms with Crippen LogP contribution in [0.5, 0.6) is 0 Å². The Hall–Kier alpha value is -1.65. The molecule has 64 valence electrons. The molecule has 0 aromatic carbocycles. The Kier molecular flexibility index (Phi) is 2.23. The molecule has 12 heavy (non-hydrogen) atoms. The fraction of sp³-hybridized carbons (Fsp3) is 0.286. The lowest BCUT2D eigenvalue weighted by Crippen LogP contribution is -2.14. The van der Waals surface area contributed by atoms with Crippen molar-refractivity contribution in [2.24, 2.45) is 7.05 Å². The Labute approximate surface area is 68.6 Å². The van der Waals surface area contributed by atoms with Gasteiger partial charge in [-0.25, -0.2) is 4.79 Å². The third kappa shape index (κ3) is 1.91. The van der Waals surface area contributed by atoms with Crippen LogP contribution in [0.3, 0.4) is 0 Å². The van der Waals surface area contributed by atoms with E-state index >= 15 is 0 Å². The summed E-state index contributed by atoms with van der Waals surface area (Å²) in [4.78, 5) is 20.8. The van der Waals surface area contributed by atoms with Crippen LogP contribution in [-0.2, 0) is 23.1 Å². The lowest BCUT2D eigenvalue weighted by molar-refractivity contribution is -0.148. The summed E-state index contributed by atoms with van der Waals surface area (Å²) in [6.07, 6.45) is 2.99. The smallest absolute Gasteiger partial charge is 0.372 e. The molecule has 0 amide bonds. The second-order valence-corrected chi connectivity index (χ2v) is 2.43. The third-order valence-corrected chi connectivity index (χ3v) is 1.36. The van der Waals surface area contributed by atoms with Gasteiger partial charge in [-0.3, -0.25) is 9.48 Å². The molecule has 0 unspecified atom stereocenters. The van der Waals surface area contributed by atoms with E-state index in [1.165, 1.54) is 10.9 Å². The minimum atomic E-state index is -1.40. The van der Waals surface area contributed by atoms with Gasteiger partial charge in [-0.05, 0) is 5.56 Å². The van der Waals surface area contributed by atoms with E-state index in [4.69, 9.17) is 5.11 Å². The van der Waals surface area contributed by atoms with Crippen LogP contribution in [-0.4, -0.2) is 26.6 Å². The predicted octanol–water partition coefficient (Wildman–Crippen LogP) is -0.384. The molecule has 0 aliphatic heterocycles. The SMILES string of the molecule is Cn1cc(CC(=O)C(=O)O)cn1. The van der Waals surface area contributed by atoms with Crippen molar-refractivity contribution in [1.29, 1.82) is 0 Å². The lowest BCUT2D eigenvalue weighted by atomic mass is 10.2. The number of Topliss-reactive ketones (excluding diaryl/α,β-unsaturated/α-hetero) is 1. The summed E-state index contributed by atoms with van der Waals surface area (Å²) in [7, 11) is 1.70. The zero-order valence-corrected chi connectivity index (χ0v) is 6.52. The number of rotatable bonds is 3. The molecule has 1 aromatic heterocycles. The van der Waals surface area contributed by atoms with Gasteiger partial charge < -0.3 is 5.11 Å². The van der Waals surface area contributed by atoms with Crippen LogP contribution in [0.2, 0.25) is 0 Å². The first-order chi connectivity index (χ1) is 5.59. The highest BCUT2D eigenvalue weighted by Gasteiger charge is 2.12. The highest BCUT2D eigenvalue weighted by molar-refractivity contribution is 6.33. The molecule has 1 aromatic rings. The minimum Gasteiger partial charge on any atom is -0.475 e. The van der Waals surface area contributed by atoms with Crippen molar-refractivity contribution in [3.8, 4) is 0 Å². The molecule has 1 N–H and O–H groups in total. The Balaban J connectivity index is 2.64. The van der Waals surface area contributed by atoms with Crippen LogP contribution in [0.15, 0.2) is 12.4 Å². The van der Waals surface area contributed by atoms with Crippen molar-refractivity contribution in [2.45, 2.75) is 6.42 Å². The summed E-state index contributed by atoms with van der Waals surface area (Å²) in [5.74, 6) is -2.22. The average Bonchev–Trinajstić information content (AvgIpc) is 2.35. The minimum absolute atomic E-state index is 0.0941. The third-order valence-electron chi connectivity index (χ3n) is 1.36. The second-order valence-electron chi connectivity index (χ2n) is 2.43. The van der Waals surface area contributed by atoms with Gasteiger partial charge in [0.1, 0.15) is 0 Å². The Bertz CT molecular complexity index is 316. The molecule has 1 heterocycles. The molecule has 0 atom stereocenters. The molecule has 0 aliphatic carbocycles. The summed E-state index contributed by atoms with van der Waals surface area (Å²) < 4.78 is 1.52. The van der Waals surface area contributed by atoms with Crippen molar-refractivity contribution in [1.82, 2.24) is 9.78 Å². The molecule has 0 bridgehead atoms. The van der Waals surface area contributed by atoms with Crippen LogP contribution in [0.1, 0.15) is 5.56 Å². The molecule has 5 nitrogen and oxygen atoms in total. The molecular formula is C7H8N2O3. The van der Waals surface area contributed by atoms with Gasteiger partial charge in [-0.2, -0.15) is 5.10 Å². The zero-order valence-electron chi connectivity index (χ0n) is 6.52. The van der Waals surface area contributed by atoms with Gasteiger partial charge in [-0.15, -0.1) is 0 Å². The van der Waals surface area contributed by atoms with E-state index in [9.17, 15) is 9.59 Å². The standard InChI is InChI=1S/C7H8N2O3/c1-9-4-5(3-8-9)2-6(10)7(11)12/h3-4H,2H2,1H3,(H,11,12). The topological polar surface area (TPSA) is 72.2 Å². The number of aliphatic carboxylic acids is 1. The molecular weight excluding hydrogens is 160 g/mol. The van der Waals surface area contributed by atoms with Gasteiger partial charge in [0, 0.05) is 19.7 Å². The van der Waals surface area contributed by atoms with E-state index in [1.807, 2.05) is 0 Å². The van der Waals surface area contributed by atoms with E-state index in [0.717, 1.165) is 0 Å². The maximum Gasteiger partial charge on any atom is 0.372 e. The number of nitrogens with zero attached hydrogens (tertiary/aromatic N) is 2. The van der Waals surface area contributed by atoms with Gasteiger partial charge in [0.05, 0.1) is 6.20 Å². The van der Waals surface area contributed by atoms with Gasteiger partial charge in [0.2, 0.25) is 5.78 Å². The fourth-order valence-corrected chi connectivity index (χ4v) is 0.824. The van der Waals surface area contributed by atoms with Gasteiger partial charge in [0.25, 0.3) is 0 Å². The number of carboxylic acid groups (broad SMARTS) is 1. The number of ketones is 1. The zero-order chi connectivity index (χ0) is 9.14. The summed E-state index contributed by atoms with van der Waals surface area (Å²) in [6.45, 7) is 0. The molecule has 0 radical (unpaired) electrons. The molecule has 0 saturated heterocycles. The fourth-order valence-electron chi connectivity index (χ4n) is 0.824. The maximum absolute atomic E-state index is 10.7. The van der Waals surface area contributed by atoms with Crippen LogP contribution in [0.25, 0.3) is 0 Å². The van der Waals surface area contributed by atoms with E-state index in [-0.39, 0.29) is 6.42 Å². The molecule has 1 rings (SSSR count). The maximum atomic E-state index is 10.7. The van der Waals surface area contributed by atoms with Crippen molar-refractivity contribution in [3.05, 3.63) is 18.0 Å². The summed E-state index contributed by atoms with van der Waals surface area (Å²) in [5, 5.41) is 12.1. The number of carbonyl (C=O) groups is 2. The van der Waals surface area contributed by atoms with E-state index < -0.39 is 11.8 Å². The Morgan fingerprint density at radius 3 is 2.75 bits per heavy atom. The van der Waals surface area contributed by atoms with Crippen LogP contribution < -0.4 is 0 Å². The van der Waals surface area contributed by atoms with Gasteiger partial charge >= 0.3 is 5.97 Å². The molecule has 0 fully saturated rings. The molecule has 5 heteroatoms. The van der Waals surface area contributed by atoms with Crippen LogP contribution in [0, 0.1) is 0 Å². The molecule has 0 saturated carbocycles. The quantitative estimate of drug-likeness (QED) is 0.624. The number of hydrogen-bond acceptors (Lipinski definition) is 3. The molecule has 0 aliphatic rings. The first-order valence-electron chi connectivity index (χ1n) is 3.33. The van der Waals surface area contributed by atoms with Crippen molar-refractivity contribution < 1.29 is 14.7 Å².